The summed E-state index contributed by atoms with van der Waals surface area (Å²) in [5, 5.41) is 13.6. The van der Waals surface area contributed by atoms with Gasteiger partial charge in [-0.3, -0.25) is 19.5 Å². The largest absolute Gasteiger partial charge is 0.493 e. The number of aryl methyl sites for hydroxylation is 1. The number of nitro groups is 1. The Bertz CT molecular complexity index is 1210. The number of benzene rings is 2. The first kappa shape index (κ1) is 23.7. The summed E-state index contributed by atoms with van der Waals surface area (Å²) in [5.74, 6) is -0.810. The lowest BCUT2D eigenvalue weighted by Gasteiger charge is -2.12. The molecule has 10 nitrogen and oxygen atoms in total. The summed E-state index contributed by atoms with van der Waals surface area (Å²) in [6, 6.07) is 8.51. The molecule has 0 unspecified atom stereocenters. The van der Waals surface area contributed by atoms with E-state index in [-0.39, 0.29) is 48.2 Å². The van der Waals surface area contributed by atoms with Gasteiger partial charge in [0.1, 0.15) is 0 Å². The Morgan fingerprint density at radius 3 is 2.73 bits per heavy atom. The molecule has 33 heavy (non-hydrogen) atoms. The summed E-state index contributed by atoms with van der Waals surface area (Å²) in [6.45, 7) is -2.51. The van der Waals surface area contributed by atoms with Gasteiger partial charge in [-0.05, 0) is 36.6 Å². The van der Waals surface area contributed by atoms with E-state index in [4.69, 9.17) is 9.15 Å². The number of rotatable bonds is 11. The molecule has 0 aliphatic heterocycles. The topological polar surface area (TPSA) is 126 Å². The van der Waals surface area contributed by atoms with Gasteiger partial charge in [0.25, 0.3) is 5.69 Å². The van der Waals surface area contributed by atoms with Crippen LogP contribution in [0.4, 0.5) is 14.5 Å². The van der Waals surface area contributed by atoms with Crippen LogP contribution in [-0.4, -0.2) is 35.7 Å². The number of oxazole rings is 1. The number of halogens is 2. The first-order valence-electron chi connectivity index (χ1n) is 9.94. The Morgan fingerprint density at radius 2 is 2.03 bits per heavy atom. The predicted molar refractivity (Wildman–Crippen MR) is 113 cm³/mol. The zero-order valence-electron chi connectivity index (χ0n) is 17.6. The van der Waals surface area contributed by atoms with Crippen LogP contribution in [0.5, 0.6) is 11.5 Å². The molecule has 1 heterocycles. The summed E-state index contributed by atoms with van der Waals surface area (Å²) in [5.41, 5.74) is 1.01. The number of alkyl halides is 2. The van der Waals surface area contributed by atoms with Crippen LogP contribution >= 0.6 is 0 Å². The molecule has 1 aromatic heterocycles. The van der Waals surface area contributed by atoms with Crippen LogP contribution in [0.25, 0.3) is 11.1 Å². The van der Waals surface area contributed by atoms with Gasteiger partial charge in [-0.2, -0.15) is 8.78 Å². The first-order valence-corrected chi connectivity index (χ1v) is 9.94. The van der Waals surface area contributed by atoms with E-state index in [9.17, 15) is 28.5 Å². The van der Waals surface area contributed by atoms with Crippen molar-refractivity contribution in [3.63, 3.8) is 0 Å². The minimum absolute atomic E-state index is 0.0839. The third-order valence-electron chi connectivity index (χ3n) is 4.83. The zero-order valence-corrected chi connectivity index (χ0v) is 17.6. The molecule has 0 saturated heterocycles. The molecule has 3 rings (SSSR count). The van der Waals surface area contributed by atoms with Gasteiger partial charge in [0.15, 0.2) is 17.1 Å². The molecule has 3 aromatic rings. The van der Waals surface area contributed by atoms with E-state index in [2.05, 4.69) is 10.1 Å². The molecule has 1 N–H and O–H groups in total. The van der Waals surface area contributed by atoms with Crippen LogP contribution in [0.1, 0.15) is 18.4 Å². The molecule has 12 heteroatoms. The highest BCUT2D eigenvalue weighted by Crippen LogP contribution is 2.29. The average molecular weight is 465 g/mol. The Morgan fingerprint density at radius 1 is 1.24 bits per heavy atom. The molecule has 0 aliphatic carbocycles. The number of fused-ring (bicyclic) bond motifs is 1. The predicted octanol–water partition coefficient (Wildman–Crippen LogP) is 3.25. The second-order valence-corrected chi connectivity index (χ2v) is 7.00. The maximum Gasteiger partial charge on any atom is 0.419 e. The second kappa shape index (κ2) is 10.6. The van der Waals surface area contributed by atoms with Gasteiger partial charge in [-0.1, -0.05) is 6.07 Å². The van der Waals surface area contributed by atoms with Crippen molar-refractivity contribution in [1.82, 2.24) is 9.88 Å². The van der Waals surface area contributed by atoms with Gasteiger partial charge in [-0.15, -0.1) is 0 Å². The fourth-order valence-electron chi connectivity index (χ4n) is 3.28. The lowest BCUT2D eigenvalue weighted by Crippen LogP contribution is -2.26. The summed E-state index contributed by atoms with van der Waals surface area (Å²) < 4.78 is 40.8. The van der Waals surface area contributed by atoms with E-state index in [0.29, 0.717) is 23.9 Å². The highest BCUT2D eigenvalue weighted by molar-refractivity contribution is 5.76. The third kappa shape index (κ3) is 6.05. The number of nitrogens with zero attached hydrogens (tertiary/aromatic N) is 2. The molecule has 2 aromatic carbocycles. The number of carbonyl (C=O) groups excluding carboxylic acids is 1. The molecule has 0 radical (unpaired) electrons. The molecule has 0 bridgehead atoms. The van der Waals surface area contributed by atoms with Crippen molar-refractivity contribution in [2.45, 2.75) is 32.4 Å². The molecule has 0 spiro atoms. The number of nitrogens with one attached hydrogen (secondary N) is 1. The number of ether oxygens (including phenoxy) is 2. The van der Waals surface area contributed by atoms with Gasteiger partial charge >= 0.3 is 12.4 Å². The Hall–Kier alpha value is -3.96. The van der Waals surface area contributed by atoms with Crippen LogP contribution < -0.4 is 20.5 Å². The Balaban J connectivity index is 1.49. The van der Waals surface area contributed by atoms with Crippen LogP contribution in [0.2, 0.25) is 0 Å². The van der Waals surface area contributed by atoms with E-state index >= 15 is 0 Å². The fourth-order valence-corrected chi connectivity index (χ4v) is 3.28. The number of hydrogen-bond acceptors (Lipinski definition) is 7. The number of hydrogen-bond donors (Lipinski definition) is 1. The first-order chi connectivity index (χ1) is 15.8. The lowest BCUT2D eigenvalue weighted by molar-refractivity contribution is -0.384. The zero-order chi connectivity index (χ0) is 24.0. The van der Waals surface area contributed by atoms with Crippen molar-refractivity contribution in [2.75, 3.05) is 13.7 Å². The fraction of sp³-hybridized carbons (Fsp3) is 0.333. The normalized spacial score (nSPS) is 11.0. The number of aromatic nitrogens is 1. The van der Waals surface area contributed by atoms with Crippen LogP contribution in [0.15, 0.2) is 45.6 Å². The molecule has 0 saturated carbocycles. The van der Waals surface area contributed by atoms with E-state index in [0.717, 1.165) is 0 Å². The minimum Gasteiger partial charge on any atom is -0.493 e. The van der Waals surface area contributed by atoms with Gasteiger partial charge in [0, 0.05) is 25.6 Å². The second-order valence-electron chi connectivity index (χ2n) is 7.00. The van der Waals surface area contributed by atoms with Crippen molar-refractivity contribution in [3.05, 3.63) is 62.6 Å². The monoisotopic (exact) mass is 465 g/mol. The van der Waals surface area contributed by atoms with Gasteiger partial charge in [0.2, 0.25) is 5.91 Å². The Labute approximate surface area is 185 Å². The Kier molecular flexibility index (Phi) is 7.59. The van der Waals surface area contributed by atoms with Crippen molar-refractivity contribution in [2.24, 2.45) is 0 Å². The summed E-state index contributed by atoms with van der Waals surface area (Å²) >= 11 is 0. The van der Waals surface area contributed by atoms with Crippen molar-refractivity contribution < 1.29 is 32.4 Å². The smallest absolute Gasteiger partial charge is 0.419 e. The number of non-ortho nitro benzene ring substituents is 1. The lowest BCUT2D eigenvalue weighted by atomic mass is 10.1. The number of carbonyl (C=O) groups is 1. The maximum atomic E-state index is 12.5. The van der Waals surface area contributed by atoms with Crippen LogP contribution in [0, 0.1) is 10.1 Å². The molecule has 1 amide bonds. The maximum absolute atomic E-state index is 12.5. The minimum atomic E-state index is -2.98. The van der Waals surface area contributed by atoms with Gasteiger partial charge in [-0.25, -0.2) is 4.79 Å². The highest BCUT2D eigenvalue weighted by Gasteiger charge is 2.15. The van der Waals surface area contributed by atoms with E-state index in [1.54, 1.807) is 6.07 Å². The van der Waals surface area contributed by atoms with Crippen molar-refractivity contribution in [1.29, 1.82) is 0 Å². The van der Waals surface area contributed by atoms with E-state index in [1.807, 2.05) is 0 Å². The van der Waals surface area contributed by atoms with Crippen LogP contribution in [-0.2, 0) is 17.8 Å². The number of nitro benzene ring substituents is 1. The standard InChI is InChI=1S/C21H21F2N3O7/c1-31-16-7-4-13(11-18(16)32-20(22)23)8-9-24-19(27)3-2-10-25-15-6-5-14(26(29)30)12-17(15)33-21(25)28/h4-7,11-12,20H,2-3,8-10H2,1H3,(H,24,27). The van der Waals surface area contributed by atoms with E-state index in [1.165, 1.54) is 42.0 Å². The molecule has 0 atom stereocenters. The summed E-state index contributed by atoms with van der Waals surface area (Å²) in [7, 11) is 1.35. The van der Waals surface area contributed by atoms with Crippen LogP contribution in [0.3, 0.4) is 0 Å². The summed E-state index contributed by atoms with van der Waals surface area (Å²) in [4.78, 5) is 34.4. The molecule has 0 aliphatic rings. The van der Waals surface area contributed by atoms with Crippen molar-refractivity contribution in [3.8, 4) is 11.5 Å². The summed E-state index contributed by atoms with van der Waals surface area (Å²) in [6.07, 6.45) is 0.862. The highest BCUT2D eigenvalue weighted by atomic mass is 19.3. The molecule has 176 valence electrons. The SMILES string of the molecule is COc1ccc(CCNC(=O)CCCn2c(=O)oc3cc([N+](=O)[O-])ccc32)cc1OC(F)F. The molecular weight excluding hydrogens is 444 g/mol. The van der Waals surface area contributed by atoms with Gasteiger partial charge < -0.3 is 19.2 Å². The molecule has 0 fully saturated rings. The quantitative estimate of drug-likeness (QED) is 0.340. The van der Waals surface area contributed by atoms with Gasteiger partial charge in [0.05, 0.1) is 23.6 Å². The molecular formula is C21H21F2N3O7. The third-order valence-corrected chi connectivity index (χ3v) is 4.83. The number of methoxy groups -OCH3 is 1. The average Bonchev–Trinajstić information content (AvgIpc) is 3.08. The number of amides is 1. The van der Waals surface area contributed by atoms with Crippen molar-refractivity contribution >= 4 is 22.7 Å². The van der Waals surface area contributed by atoms with E-state index < -0.39 is 17.3 Å².